The number of nitrogens with zero attached hydrogens (tertiary/aromatic N) is 4. The van der Waals surface area contributed by atoms with Crippen LogP contribution in [0.1, 0.15) is 42.5 Å². The predicted molar refractivity (Wildman–Crippen MR) is 110 cm³/mol. The molecule has 1 saturated heterocycles. The van der Waals surface area contributed by atoms with E-state index in [1.807, 2.05) is 24.9 Å². The van der Waals surface area contributed by atoms with Crippen LogP contribution in [0.4, 0.5) is 4.39 Å². The quantitative estimate of drug-likeness (QED) is 0.786. The van der Waals surface area contributed by atoms with Gasteiger partial charge in [0.1, 0.15) is 11.9 Å². The van der Waals surface area contributed by atoms with E-state index in [9.17, 15) is 14.3 Å². The van der Waals surface area contributed by atoms with Crippen molar-refractivity contribution >= 4 is 11.7 Å². The second kappa shape index (κ2) is 8.18. The maximum absolute atomic E-state index is 13.2. The largest absolute Gasteiger partial charge is 0.481 e. The third-order valence-electron chi connectivity index (χ3n) is 6.37. The monoisotopic (exact) mass is 414 g/mol. The average molecular weight is 414 g/mol. The topological polar surface area (TPSA) is 79.9 Å². The van der Waals surface area contributed by atoms with Crippen LogP contribution in [0, 0.1) is 18.2 Å². The number of hydrogen-bond acceptors (Lipinski definition) is 5. The minimum atomic E-state index is -0.868. The molecule has 0 radical (unpaired) electrons. The molecule has 0 amide bonds. The molecule has 2 aromatic rings. The number of oxime groups is 1. The number of carbonyl (C=O) groups is 1. The Labute approximate surface area is 175 Å². The summed E-state index contributed by atoms with van der Waals surface area (Å²) in [4.78, 5) is 20.2. The molecule has 8 heteroatoms. The molecule has 1 fully saturated rings. The first-order valence-electron chi connectivity index (χ1n) is 10.3. The third kappa shape index (κ3) is 4.09. The van der Waals surface area contributed by atoms with Gasteiger partial charge < -0.3 is 9.94 Å². The zero-order valence-electron chi connectivity index (χ0n) is 17.3. The summed E-state index contributed by atoms with van der Waals surface area (Å²) in [6, 6.07) is 6.13. The van der Waals surface area contributed by atoms with Gasteiger partial charge in [0.2, 0.25) is 0 Å². The molecule has 0 saturated carbocycles. The number of rotatable bonds is 6. The van der Waals surface area contributed by atoms with Gasteiger partial charge in [-0.2, -0.15) is 5.10 Å². The van der Waals surface area contributed by atoms with Gasteiger partial charge in [0.25, 0.3) is 0 Å². The molecular formula is C22H27FN4O3. The average Bonchev–Trinajstić information content (AvgIpc) is 3.31. The van der Waals surface area contributed by atoms with Crippen LogP contribution in [0.25, 0.3) is 0 Å². The van der Waals surface area contributed by atoms with Crippen LogP contribution in [-0.4, -0.2) is 50.7 Å². The van der Waals surface area contributed by atoms with Crippen molar-refractivity contribution in [1.29, 1.82) is 0 Å². The molecule has 0 spiro atoms. The molecular weight excluding hydrogens is 387 g/mol. The second-order valence-electron chi connectivity index (χ2n) is 8.46. The van der Waals surface area contributed by atoms with Crippen LogP contribution in [-0.2, 0) is 23.2 Å². The zero-order chi connectivity index (χ0) is 21.3. The van der Waals surface area contributed by atoms with E-state index in [1.165, 1.54) is 12.1 Å². The standard InChI is InChI=1S/C22H27FN4O3/c1-15-17(12-24-26(15)2)13-27-9-3-8-22(14-27,21(28)29)11-19-10-20(25-30-19)16-4-6-18(23)7-5-16/h4-7,12,19H,3,8-11,13-14H2,1-2H3,(H,28,29)/t19-,22+/m0/s1. The van der Waals surface area contributed by atoms with Gasteiger partial charge in [-0.1, -0.05) is 17.3 Å². The molecule has 4 rings (SSSR count). The SMILES string of the molecule is Cc1c(CN2CCC[C@](C[C@@H]3CC(c4ccc(F)cc4)=NO3)(C(=O)O)C2)cnn1C. The molecule has 0 aliphatic carbocycles. The number of halogens is 1. The van der Waals surface area contributed by atoms with Gasteiger partial charge >= 0.3 is 5.97 Å². The summed E-state index contributed by atoms with van der Waals surface area (Å²) in [5.41, 5.74) is 2.89. The molecule has 0 bridgehead atoms. The van der Waals surface area contributed by atoms with Crippen molar-refractivity contribution in [3.05, 3.63) is 53.1 Å². The Morgan fingerprint density at radius 2 is 2.13 bits per heavy atom. The van der Waals surface area contributed by atoms with E-state index in [1.54, 1.807) is 12.1 Å². The van der Waals surface area contributed by atoms with Crippen LogP contribution < -0.4 is 0 Å². The van der Waals surface area contributed by atoms with Gasteiger partial charge in [-0.05, 0) is 44.0 Å². The molecule has 0 unspecified atom stereocenters. The summed E-state index contributed by atoms with van der Waals surface area (Å²) in [6.45, 7) is 4.06. The van der Waals surface area contributed by atoms with Gasteiger partial charge in [-0.3, -0.25) is 14.4 Å². The first-order chi connectivity index (χ1) is 14.4. The van der Waals surface area contributed by atoms with E-state index in [0.717, 1.165) is 35.5 Å². The number of piperidine rings is 1. The molecule has 160 valence electrons. The van der Waals surface area contributed by atoms with Crippen molar-refractivity contribution in [1.82, 2.24) is 14.7 Å². The molecule has 3 heterocycles. The maximum atomic E-state index is 13.2. The zero-order valence-corrected chi connectivity index (χ0v) is 17.3. The number of carboxylic acid groups (broad SMARTS) is 1. The molecule has 2 atom stereocenters. The Morgan fingerprint density at radius 3 is 2.80 bits per heavy atom. The lowest BCUT2D eigenvalue weighted by atomic mass is 9.74. The van der Waals surface area contributed by atoms with Crippen molar-refractivity contribution in [3.63, 3.8) is 0 Å². The van der Waals surface area contributed by atoms with E-state index in [0.29, 0.717) is 32.4 Å². The van der Waals surface area contributed by atoms with Gasteiger partial charge in [0, 0.05) is 44.2 Å². The molecule has 2 aliphatic rings. The smallest absolute Gasteiger partial charge is 0.311 e. The number of carboxylic acids is 1. The molecule has 2 aliphatic heterocycles. The minimum absolute atomic E-state index is 0.291. The second-order valence-corrected chi connectivity index (χ2v) is 8.46. The highest BCUT2D eigenvalue weighted by Gasteiger charge is 2.45. The number of benzene rings is 1. The van der Waals surface area contributed by atoms with Crippen molar-refractivity contribution in [2.45, 2.75) is 45.3 Å². The van der Waals surface area contributed by atoms with Crippen LogP contribution in [0.5, 0.6) is 0 Å². The van der Waals surface area contributed by atoms with Crippen LogP contribution >= 0.6 is 0 Å². The summed E-state index contributed by atoms with van der Waals surface area (Å²) in [5.74, 6) is -1.08. The van der Waals surface area contributed by atoms with Crippen LogP contribution in [0.3, 0.4) is 0 Å². The number of aryl methyl sites for hydroxylation is 1. The van der Waals surface area contributed by atoms with E-state index in [4.69, 9.17) is 4.84 Å². The Bertz CT molecular complexity index is 956. The minimum Gasteiger partial charge on any atom is -0.481 e. The summed E-state index contributed by atoms with van der Waals surface area (Å²) >= 11 is 0. The third-order valence-corrected chi connectivity index (χ3v) is 6.37. The number of aliphatic carboxylic acids is 1. The summed E-state index contributed by atoms with van der Waals surface area (Å²) in [6.07, 6.45) is 3.94. The molecule has 1 aromatic heterocycles. The van der Waals surface area contributed by atoms with Gasteiger partial charge in [-0.15, -0.1) is 0 Å². The Hall–Kier alpha value is -2.74. The first kappa shape index (κ1) is 20.5. The number of hydrogen-bond donors (Lipinski definition) is 1. The van der Waals surface area contributed by atoms with E-state index >= 15 is 0 Å². The highest BCUT2D eigenvalue weighted by atomic mass is 19.1. The number of likely N-dealkylation sites (tertiary alicyclic amines) is 1. The lowest BCUT2D eigenvalue weighted by Crippen LogP contribution is -2.49. The van der Waals surface area contributed by atoms with Crippen molar-refractivity contribution in [2.75, 3.05) is 13.1 Å². The summed E-state index contributed by atoms with van der Waals surface area (Å²) in [7, 11) is 1.91. The number of aromatic nitrogens is 2. The highest BCUT2D eigenvalue weighted by molar-refractivity contribution is 6.01. The fourth-order valence-corrected chi connectivity index (χ4v) is 4.52. The van der Waals surface area contributed by atoms with Gasteiger partial charge in [0.05, 0.1) is 17.3 Å². The Kier molecular flexibility index (Phi) is 5.60. The lowest BCUT2D eigenvalue weighted by Gasteiger charge is -2.40. The van der Waals surface area contributed by atoms with Crippen molar-refractivity contribution < 1.29 is 19.1 Å². The highest BCUT2D eigenvalue weighted by Crippen LogP contribution is 2.38. The molecule has 1 aromatic carbocycles. The van der Waals surface area contributed by atoms with E-state index in [2.05, 4.69) is 15.2 Å². The molecule has 30 heavy (non-hydrogen) atoms. The van der Waals surface area contributed by atoms with E-state index < -0.39 is 11.4 Å². The normalized spacial score (nSPS) is 24.5. The summed E-state index contributed by atoms with van der Waals surface area (Å²) in [5, 5.41) is 18.6. The molecule has 1 N–H and O–H groups in total. The first-order valence-corrected chi connectivity index (χ1v) is 10.3. The van der Waals surface area contributed by atoms with E-state index in [-0.39, 0.29) is 11.9 Å². The Balaban J connectivity index is 1.43. The summed E-state index contributed by atoms with van der Waals surface area (Å²) < 4.78 is 15.0. The predicted octanol–water partition coefficient (Wildman–Crippen LogP) is 3.12. The molecule has 7 nitrogen and oxygen atoms in total. The van der Waals surface area contributed by atoms with Gasteiger partial charge in [-0.25, -0.2) is 4.39 Å². The van der Waals surface area contributed by atoms with Gasteiger partial charge in [0.15, 0.2) is 0 Å². The van der Waals surface area contributed by atoms with Crippen LogP contribution in [0.2, 0.25) is 0 Å². The Morgan fingerprint density at radius 1 is 1.37 bits per heavy atom. The van der Waals surface area contributed by atoms with Crippen LogP contribution in [0.15, 0.2) is 35.6 Å². The fourth-order valence-electron chi connectivity index (χ4n) is 4.52. The van der Waals surface area contributed by atoms with Crippen molar-refractivity contribution in [2.24, 2.45) is 17.6 Å². The fraction of sp³-hybridized carbons (Fsp3) is 0.500. The lowest BCUT2D eigenvalue weighted by molar-refractivity contribution is -0.156. The van der Waals surface area contributed by atoms with Crippen molar-refractivity contribution in [3.8, 4) is 0 Å². The maximum Gasteiger partial charge on any atom is 0.311 e.